The first-order valence-corrected chi connectivity index (χ1v) is 8.40. The Hall–Kier alpha value is -1.44. The molecule has 0 heterocycles. The highest BCUT2D eigenvalue weighted by molar-refractivity contribution is 9.10. The largest absolute Gasteiger partial charge is 0.399 e. The Kier molecular flexibility index (Phi) is 4.65. The molecule has 7 heteroatoms. The maximum Gasteiger partial charge on any atom is 0.244 e. The molecule has 2 aromatic carbocycles. The minimum absolute atomic E-state index is 0.174. The Morgan fingerprint density at radius 2 is 1.81 bits per heavy atom. The van der Waals surface area contributed by atoms with E-state index >= 15 is 0 Å². The number of anilines is 1. The molecule has 1 unspecified atom stereocenters. The van der Waals surface area contributed by atoms with Crippen LogP contribution < -0.4 is 10.5 Å². The summed E-state index contributed by atoms with van der Waals surface area (Å²) in [5.41, 5.74) is 6.37. The van der Waals surface area contributed by atoms with Crippen LogP contribution in [-0.2, 0) is 10.0 Å². The van der Waals surface area contributed by atoms with Crippen LogP contribution in [0.1, 0.15) is 18.5 Å². The minimum atomic E-state index is -3.96. The number of benzene rings is 2. The van der Waals surface area contributed by atoms with Gasteiger partial charge in [0.2, 0.25) is 10.0 Å². The van der Waals surface area contributed by atoms with Crippen LogP contribution in [-0.4, -0.2) is 8.42 Å². The first kappa shape index (κ1) is 15.9. The Morgan fingerprint density at radius 3 is 2.38 bits per heavy atom. The van der Waals surface area contributed by atoms with Crippen LogP contribution in [0.2, 0.25) is 0 Å². The van der Waals surface area contributed by atoms with Crippen molar-refractivity contribution in [3.63, 3.8) is 0 Å². The standard InChI is InChI=1S/C14H14BrFN2O2S/c1-9(10-2-4-11(15)5-3-10)18-21(19,20)14-7-6-12(17)8-13(14)16/h2-9,18H,17H2,1H3. The summed E-state index contributed by atoms with van der Waals surface area (Å²) < 4.78 is 41.5. The minimum Gasteiger partial charge on any atom is -0.399 e. The summed E-state index contributed by atoms with van der Waals surface area (Å²) in [5, 5.41) is 0. The molecule has 3 N–H and O–H groups in total. The zero-order chi connectivity index (χ0) is 15.6. The van der Waals surface area contributed by atoms with Gasteiger partial charge in [0.1, 0.15) is 10.7 Å². The van der Waals surface area contributed by atoms with Crippen LogP contribution >= 0.6 is 15.9 Å². The first-order valence-electron chi connectivity index (χ1n) is 6.12. The number of nitrogens with two attached hydrogens (primary N) is 1. The van der Waals surface area contributed by atoms with Crippen LogP contribution in [0.4, 0.5) is 10.1 Å². The van der Waals surface area contributed by atoms with Gasteiger partial charge < -0.3 is 5.73 Å². The van der Waals surface area contributed by atoms with E-state index in [0.29, 0.717) is 0 Å². The number of sulfonamides is 1. The summed E-state index contributed by atoms with van der Waals surface area (Å²) in [6.45, 7) is 1.69. The lowest BCUT2D eigenvalue weighted by molar-refractivity contribution is 0.547. The molecule has 0 aliphatic carbocycles. The SMILES string of the molecule is CC(NS(=O)(=O)c1ccc(N)cc1F)c1ccc(Br)cc1. The van der Waals surface area contributed by atoms with Gasteiger partial charge in [-0.25, -0.2) is 17.5 Å². The van der Waals surface area contributed by atoms with E-state index in [1.54, 1.807) is 19.1 Å². The highest BCUT2D eigenvalue weighted by Crippen LogP contribution is 2.21. The normalized spacial score (nSPS) is 13.1. The van der Waals surface area contributed by atoms with Crippen molar-refractivity contribution in [2.45, 2.75) is 17.9 Å². The first-order chi connectivity index (χ1) is 9.79. The van der Waals surface area contributed by atoms with Gasteiger partial charge in [0, 0.05) is 16.2 Å². The van der Waals surface area contributed by atoms with Gasteiger partial charge in [-0.15, -0.1) is 0 Å². The smallest absolute Gasteiger partial charge is 0.244 e. The number of hydrogen-bond donors (Lipinski definition) is 2. The molecule has 2 rings (SSSR count). The van der Waals surface area contributed by atoms with Crippen molar-refractivity contribution in [2.24, 2.45) is 0 Å². The predicted molar refractivity (Wildman–Crippen MR) is 83.7 cm³/mol. The molecule has 0 bridgehead atoms. The fourth-order valence-corrected chi connectivity index (χ4v) is 3.41. The predicted octanol–water partition coefficient (Wildman–Crippen LogP) is 3.21. The lowest BCUT2D eigenvalue weighted by Crippen LogP contribution is -2.27. The molecule has 0 saturated carbocycles. The van der Waals surface area contributed by atoms with E-state index in [4.69, 9.17) is 5.73 Å². The van der Waals surface area contributed by atoms with E-state index < -0.39 is 26.8 Å². The highest BCUT2D eigenvalue weighted by atomic mass is 79.9. The molecule has 0 saturated heterocycles. The molecule has 0 aliphatic heterocycles. The van der Waals surface area contributed by atoms with Crippen LogP contribution in [0.5, 0.6) is 0 Å². The zero-order valence-electron chi connectivity index (χ0n) is 11.2. The molecule has 0 spiro atoms. The molecular weight excluding hydrogens is 359 g/mol. The summed E-state index contributed by atoms with van der Waals surface area (Å²) >= 11 is 3.31. The van der Waals surface area contributed by atoms with Gasteiger partial charge in [-0.3, -0.25) is 0 Å². The second kappa shape index (κ2) is 6.13. The van der Waals surface area contributed by atoms with Gasteiger partial charge in [-0.2, -0.15) is 0 Å². The Bertz CT molecular complexity index is 748. The van der Waals surface area contributed by atoms with E-state index in [-0.39, 0.29) is 5.69 Å². The van der Waals surface area contributed by atoms with Crippen LogP contribution in [0.3, 0.4) is 0 Å². The number of halogens is 2. The molecule has 0 aliphatic rings. The van der Waals surface area contributed by atoms with Crippen molar-refractivity contribution >= 4 is 31.6 Å². The van der Waals surface area contributed by atoms with E-state index in [2.05, 4.69) is 20.7 Å². The molecule has 21 heavy (non-hydrogen) atoms. The molecule has 2 aromatic rings. The number of rotatable bonds is 4. The lowest BCUT2D eigenvalue weighted by Gasteiger charge is -2.15. The van der Waals surface area contributed by atoms with Gasteiger partial charge in [-0.1, -0.05) is 28.1 Å². The monoisotopic (exact) mass is 372 g/mol. The van der Waals surface area contributed by atoms with Crippen molar-refractivity contribution in [1.29, 1.82) is 0 Å². The molecule has 4 nitrogen and oxygen atoms in total. The molecule has 112 valence electrons. The molecular formula is C14H14BrFN2O2S. The average molecular weight is 373 g/mol. The molecule has 0 aromatic heterocycles. The van der Waals surface area contributed by atoms with E-state index in [1.807, 2.05) is 12.1 Å². The third-order valence-electron chi connectivity index (χ3n) is 2.95. The van der Waals surface area contributed by atoms with Gasteiger partial charge in [0.15, 0.2) is 0 Å². The quantitative estimate of drug-likeness (QED) is 0.809. The van der Waals surface area contributed by atoms with Crippen molar-refractivity contribution in [1.82, 2.24) is 4.72 Å². The third kappa shape index (κ3) is 3.81. The lowest BCUT2D eigenvalue weighted by atomic mass is 10.1. The van der Waals surface area contributed by atoms with Crippen LogP contribution in [0.25, 0.3) is 0 Å². The maximum absolute atomic E-state index is 13.7. The van der Waals surface area contributed by atoms with Crippen molar-refractivity contribution in [3.8, 4) is 0 Å². The summed E-state index contributed by atoms with van der Waals surface area (Å²) in [4.78, 5) is -0.416. The number of nitrogens with one attached hydrogen (secondary N) is 1. The second-order valence-corrected chi connectivity index (χ2v) is 7.18. The Labute approximate surface area is 131 Å². The molecule has 0 fully saturated rings. The summed E-state index contributed by atoms with van der Waals surface area (Å²) in [6, 6.07) is 10.2. The summed E-state index contributed by atoms with van der Waals surface area (Å²) in [7, 11) is -3.96. The zero-order valence-corrected chi connectivity index (χ0v) is 13.6. The molecule has 0 amide bonds. The van der Waals surface area contributed by atoms with E-state index in [0.717, 1.165) is 22.2 Å². The van der Waals surface area contributed by atoms with Crippen molar-refractivity contribution in [2.75, 3.05) is 5.73 Å². The van der Waals surface area contributed by atoms with Crippen LogP contribution in [0.15, 0.2) is 51.8 Å². The summed E-state index contributed by atoms with van der Waals surface area (Å²) in [5.74, 6) is -0.870. The van der Waals surface area contributed by atoms with Crippen molar-refractivity contribution < 1.29 is 12.8 Å². The Balaban J connectivity index is 2.26. The van der Waals surface area contributed by atoms with Crippen LogP contribution in [0, 0.1) is 5.82 Å². The van der Waals surface area contributed by atoms with Gasteiger partial charge in [0.05, 0.1) is 0 Å². The maximum atomic E-state index is 13.7. The van der Waals surface area contributed by atoms with Gasteiger partial charge in [0.25, 0.3) is 0 Å². The van der Waals surface area contributed by atoms with Crippen molar-refractivity contribution in [3.05, 3.63) is 58.3 Å². The Morgan fingerprint density at radius 1 is 1.19 bits per heavy atom. The van der Waals surface area contributed by atoms with E-state index in [1.165, 1.54) is 6.07 Å². The van der Waals surface area contributed by atoms with Gasteiger partial charge >= 0.3 is 0 Å². The fourth-order valence-electron chi connectivity index (χ4n) is 1.85. The van der Waals surface area contributed by atoms with E-state index in [9.17, 15) is 12.8 Å². The highest BCUT2D eigenvalue weighted by Gasteiger charge is 2.22. The fraction of sp³-hybridized carbons (Fsp3) is 0.143. The summed E-state index contributed by atoms with van der Waals surface area (Å²) in [6.07, 6.45) is 0. The molecule has 0 radical (unpaired) electrons. The number of nitrogen functional groups attached to an aromatic ring is 1. The third-order valence-corrected chi connectivity index (χ3v) is 5.05. The second-order valence-electron chi connectivity index (χ2n) is 4.58. The molecule has 1 atom stereocenters. The topological polar surface area (TPSA) is 72.2 Å². The number of hydrogen-bond acceptors (Lipinski definition) is 3. The average Bonchev–Trinajstić information content (AvgIpc) is 2.38. The van der Waals surface area contributed by atoms with Gasteiger partial charge in [-0.05, 0) is 42.8 Å².